The number of benzene rings is 1. The third-order valence-corrected chi connectivity index (χ3v) is 4.39. The molecule has 0 radical (unpaired) electrons. The van der Waals surface area contributed by atoms with Crippen molar-refractivity contribution in [2.24, 2.45) is 11.7 Å². The van der Waals surface area contributed by atoms with Crippen molar-refractivity contribution in [2.75, 3.05) is 0 Å². The van der Waals surface area contributed by atoms with E-state index in [1.165, 1.54) is 25.0 Å². The van der Waals surface area contributed by atoms with Crippen molar-refractivity contribution < 1.29 is 9.13 Å². The van der Waals surface area contributed by atoms with E-state index in [0.29, 0.717) is 11.7 Å². The predicted molar refractivity (Wildman–Crippen MR) is 64.3 cm³/mol. The summed E-state index contributed by atoms with van der Waals surface area (Å²) in [5.74, 6) is 0.904. The van der Waals surface area contributed by atoms with E-state index in [4.69, 9.17) is 10.5 Å². The van der Waals surface area contributed by atoms with Crippen molar-refractivity contribution in [1.82, 2.24) is 0 Å². The van der Waals surface area contributed by atoms with E-state index in [1.54, 1.807) is 6.07 Å². The molecule has 1 aromatic rings. The second-order valence-corrected chi connectivity index (χ2v) is 5.45. The highest BCUT2D eigenvalue weighted by Crippen LogP contribution is 2.49. The largest absolute Gasteiger partial charge is 0.486 e. The monoisotopic (exact) mass is 235 g/mol. The molecule has 1 saturated carbocycles. The Bertz CT molecular complexity index is 448. The van der Waals surface area contributed by atoms with Gasteiger partial charge in [-0.2, -0.15) is 0 Å². The maximum absolute atomic E-state index is 13.3. The minimum absolute atomic E-state index is 0.0279. The van der Waals surface area contributed by atoms with Gasteiger partial charge in [-0.1, -0.05) is 13.0 Å². The summed E-state index contributed by atoms with van der Waals surface area (Å²) in [7, 11) is 0. The molecule has 1 aliphatic heterocycles. The molecule has 1 aromatic carbocycles. The molecule has 1 spiro atoms. The lowest BCUT2D eigenvalue weighted by atomic mass is 9.81. The normalized spacial score (nSPS) is 35.7. The van der Waals surface area contributed by atoms with Crippen molar-refractivity contribution in [3.8, 4) is 5.75 Å². The fourth-order valence-corrected chi connectivity index (χ4v) is 3.32. The molecular weight excluding hydrogens is 217 g/mol. The van der Waals surface area contributed by atoms with Crippen molar-refractivity contribution in [3.05, 3.63) is 29.6 Å². The van der Waals surface area contributed by atoms with Gasteiger partial charge < -0.3 is 10.5 Å². The van der Waals surface area contributed by atoms with E-state index in [2.05, 4.69) is 6.92 Å². The summed E-state index contributed by atoms with van der Waals surface area (Å²) < 4.78 is 19.4. The zero-order valence-corrected chi connectivity index (χ0v) is 10.1. The van der Waals surface area contributed by atoms with Gasteiger partial charge in [0, 0.05) is 24.1 Å². The number of halogens is 1. The summed E-state index contributed by atoms with van der Waals surface area (Å²) >= 11 is 0. The molecule has 17 heavy (non-hydrogen) atoms. The molecule has 0 bridgehead atoms. The van der Waals surface area contributed by atoms with Crippen LogP contribution < -0.4 is 10.5 Å². The second-order valence-electron chi connectivity index (χ2n) is 5.45. The molecular formula is C14H18FNO. The average molecular weight is 235 g/mol. The fourth-order valence-electron chi connectivity index (χ4n) is 3.32. The Balaban J connectivity index is 2.02. The SMILES string of the molecule is CC1CCCC12C[C@@H](N)c1ccc(F)cc1O2. The minimum atomic E-state index is -0.251. The molecule has 1 heterocycles. The Hall–Kier alpha value is -1.09. The van der Waals surface area contributed by atoms with Crippen LogP contribution in [-0.2, 0) is 0 Å². The summed E-state index contributed by atoms with van der Waals surface area (Å²) in [6, 6.07) is 4.65. The van der Waals surface area contributed by atoms with E-state index in [9.17, 15) is 4.39 Å². The molecule has 2 unspecified atom stereocenters. The summed E-state index contributed by atoms with van der Waals surface area (Å²) in [6.45, 7) is 2.21. The van der Waals surface area contributed by atoms with Gasteiger partial charge in [-0.25, -0.2) is 4.39 Å². The Morgan fingerprint density at radius 3 is 3.00 bits per heavy atom. The van der Waals surface area contributed by atoms with Crippen LogP contribution in [0.4, 0.5) is 4.39 Å². The zero-order valence-electron chi connectivity index (χ0n) is 10.1. The maximum atomic E-state index is 13.3. The van der Waals surface area contributed by atoms with Crippen molar-refractivity contribution in [1.29, 1.82) is 0 Å². The molecule has 1 aliphatic carbocycles. The topological polar surface area (TPSA) is 35.2 Å². The maximum Gasteiger partial charge on any atom is 0.127 e. The quantitative estimate of drug-likeness (QED) is 0.749. The van der Waals surface area contributed by atoms with Gasteiger partial charge in [0.05, 0.1) is 0 Å². The van der Waals surface area contributed by atoms with Crippen LogP contribution in [0.1, 0.15) is 44.2 Å². The molecule has 92 valence electrons. The Morgan fingerprint density at radius 2 is 2.29 bits per heavy atom. The number of fused-ring (bicyclic) bond motifs is 1. The van der Waals surface area contributed by atoms with Gasteiger partial charge in [-0.05, 0) is 31.2 Å². The van der Waals surface area contributed by atoms with Crippen LogP contribution in [0.15, 0.2) is 18.2 Å². The Morgan fingerprint density at radius 1 is 1.47 bits per heavy atom. The third kappa shape index (κ3) is 1.64. The van der Waals surface area contributed by atoms with Gasteiger partial charge in [-0.15, -0.1) is 0 Å². The molecule has 1 fully saturated rings. The average Bonchev–Trinajstić information content (AvgIpc) is 2.59. The minimum Gasteiger partial charge on any atom is -0.486 e. The first-order chi connectivity index (χ1) is 8.11. The number of hydrogen-bond donors (Lipinski definition) is 1. The van der Waals surface area contributed by atoms with E-state index >= 15 is 0 Å². The summed E-state index contributed by atoms with van der Waals surface area (Å²) in [5, 5.41) is 0. The van der Waals surface area contributed by atoms with Gasteiger partial charge in [0.15, 0.2) is 0 Å². The summed E-state index contributed by atoms with van der Waals surface area (Å²) in [4.78, 5) is 0. The Labute approximate surface area is 101 Å². The first-order valence-corrected chi connectivity index (χ1v) is 6.35. The lowest BCUT2D eigenvalue weighted by molar-refractivity contribution is 0.00637. The molecule has 3 rings (SSSR count). The van der Waals surface area contributed by atoms with Crippen molar-refractivity contribution in [3.63, 3.8) is 0 Å². The van der Waals surface area contributed by atoms with Gasteiger partial charge in [-0.3, -0.25) is 0 Å². The number of hydrogen-bond acceptors (Lipinski definition) is 2. The van der Waals surface area contributed by atoms with E-state index in [1.807, 2.05) is 0 Å². The molecule has 0 amide bonds. The predicted octanol–water partition coefficient (Wildman–Crippen LogP) is 3.17. The number of rotatable bonds is 0. The molecule has 2 nitrogen and oxygen atoms in total. The van der Waals surface area contributed by atoms with Crippen LogP contribution in [0, 0.1) is 11.7 Å². The molecule has 3 atom stereocenters. The number of ether oxygens (including phenoxy) is 1. The highest BCUT2D eigenvalue weighted by atomic mass is 19.1. The number of nitrogens with two attached hydrogens (primary N) is 1. The standard InChI is InChI=1S/C14H18FNO/c1-9-3-2-6-14(9)8-12(16)11-5-4-10(15)7-13(11)17-14/h4-5,7,9,12H,2-3,6,8,16H2,1H3/t9?,12-,14?/m1/s1. The van der Waals surface area contributed by atoms with E-state index in [-0.39, 0.29) is 17.5 Å². The van der Waals surface area contributed by atoms with E-state index in [0.717, 1.165) is 18.4 Å². The molecule has 0 saturated heterocycles. The smallest absolute Gasteiger partial charge is 0.127 e. The van der Waals surface area contributed by atoms with Crippen LogP contribution in [-0.4, -0.2) is 5.60 Å². The fraction of sp³-hybridized carbons (Fsp3) is 0.571. The van der Waals surface area contributed by atoms with Crippen LogP contribution in [0.25, 0.3) is 0 Å². The van der Waals surface area contributed by atoms with Crippen molar-refractivity contribution in [2.45, 2.75) is 44.2 Å². The summed E-state index contributed by atoms with van der Waals surface area (Å²) in [6.07, 6.45) is 4.25. The van der Waals surface area contributed by atoms with Crippen LogP contribution in [0.5, 0.6) is 5.75 Å². The van der Waals surface area contributed by atoms with Gasteiger partial charge in [0.25, 0.3) is 0 Å². The van der Waals surface area contributed by atoms with Gasteiger partial charge in [0.1, 0.15) is 17.2 Å². The molecule has 3 heteroatoms. The lowest BCUT2D eigenvalue weighted by Gasteiger charge is -2.41. The van der Waals surface area contributed by atoms with Crippen LogP contribution in [0.3, 0.4) is 0 Å². The van der Waals surface area contributed by atoms with E-state index < -0.39 is 0 Å². The van der Waals surface area contributed by atoms with Gasteiger partial charge >= 0.3 is 0 Å². The van der Waals surface area contributed by atoms with Crippen LogP contribution in [0.2, 0.25) is 0 Å². The Kier molecular flexibility index (Phi) is 2.40. The first-order valence-electron chi connectivity index (χ1n) is 6.35. The van der Waals surface area contributed by atoms with Crippen LogP contribution >= 0.6 is 0 Å². The highest BCUT2D eigenvalue weighted by Gasteiger charge is 2.46. The summed E-state index contributed by atoms with van der Waals surface area (Å²) in [5.41, 5.74) is 7.00. The van der Waals surface area contributed by atoms with Crippen molar-refractivity contribution >= 4 is 0 Å². The molecule has 0 aromatic heterocycles. The first kappa shape index (κ1) is 11.0. The molecule has 2 N–H and O–H groups in total. The van der Waals surface area contributed by atoms with Gasteiger partial charge in [0.2, 0.25) is 0 Å². The lowest BCUT2D eigenvalue weighted by Crippen LogP contribution is -2.45. The molecule has 2 aliphatic rings. The third-order valence-electron chi connectivity index (χ3n) is 4.39. The highest BCUT2D eigenvalue weighted by molar-refractivity contribution is 5.39. The second kappa shape index (κ2) is 3.70. The zero-order chi connectivity index (χ0) is 12.0.